The highest BCUT2D eigenvalue weighted by Crippen LogP contribution is 2.18. The van der Waals surface area contributed by atoms with Crippen LogP contribution >= 0.6 is 0 Å². The average molecular weight is 223 g/mol. The third-order valence-electron chi connectivity index (χ3n) is 2.92. The van der Waals surface area contributed by atoms with Crippen LogP contribution in [0.2, 0.25) is 0 Å². The van der Waals surface area contributed by atoms with Gasteiger partial charge in [0.15, 0.2) is 0 Å². The Morgan fingerprint density at radius 3 is 2.47 bits per heavy atom. The van der Waals surface area contributed by atoms with Gasteiger partial charge in [-0.05, 0) is 35.2 Å². The zero-order valence-corrected chi connectivity index (χ0v) is 9.35. The van der Waals surface area contributed by atoms with Gasteiger partial charge in [0.2, 0.25) is 0 Å². The maximum Gasteiger partial charge on any atom is 0.115 e. The van der Waals surface area contributed by atoms with Crippen LogP contribution in [0.4, 0.5) is 0 Å². The Labute approximate surface area is 99.5 Å². The minimum absolute atomic E-state index is 0.311. The maximum absolute atomic E-state index is 9.23. The number of nitrogens with one attached hydrogen (secondary N) is 1. The molecule has 0 atom stereocenters. The normalized spacial score (nSPS) is 10.8. The average Bonchev–Trinajstić information content (AvgIpc) is 2.74. The Bertz CT molecular complexity index is 604. The van der Waals surface area contributed by atoms with Crippen molar-refractivity contribution >= 4 is 10.9 Å². The molecule has 0 aliphatic heterocycles. The second kappa shape index (κ2) is 3.98. The molecule has 0 unspecified atom stereocenters. The fourth-order valence-corrected chi connectivity index (χ4v) is 2.06. The Balaban J connectivity index is 1.92. The lowest BCUT2D eigenvalue weighted by Crippen LogP contribution is -1.86. The summed E-state index contributed by atoms with van der Waals surface area (Å²) in [5.74, 6) is 0.311. The van der Waals surface area contributed by atoms with Crippen LogP contribution in [-0.4, -0.2) is 10.1 Å². The summed E-state index contributed by atoms with van der Waals surface area (Å²) in [6.45, 7) is 0. The summed E-state index contributed by atoms with van der Waals surface area (Å²) in [7, 11) is 0. The molecule has 1 aromatic heterocycles. The molecule has 17 heavy (non-hydrogen) atoms. The number of fused-ring (bicyclic) bond motifs is 1. The van der Waals surface area contributed by atoms with Gasteiger partial charge in [0.25, 0.3) is 0 Å². The van der Waals surface area contributed by atoms with Crippen molar-refractivity contribution in [3.05, 3.63) is 65.9 Å². The van der Waals surface area contributed by atoms with Gasteiger partial charge in [0.1, 0.15) is 5.75 Å². The van der Waals surface area contributed by atoms with Gasteiger partial charge < -0.3 is 10.1 Å². The Hall–Kier alpha value is -2.22. The number of hydrogen-bond donors (Lipinski definition) is 2. The van der Waals surface area contributed by atoms with E-state index in [4.69, 9.17) is 0 Å². The second-order valence-electron chi connectivity index (χ2n) is 4.23. The minimum atomic E-state index is 0.311. The van der Waals surface area contributed by atoms with Crippen molar-refractivity contribution in [1.29, 1.82) is 0 Å². The summed E-state index contributed by atoms with van der Waals surface area (Å²) in [5, 5.41) is 10.5. The van der Waals surface area contributed by atoms with E-state index in [0.717, 1.165) is 6.42 Å². The van der Waals surface area contributed by atoms with E-state index in [0.29, 0.717) is 5.75 Å². The summed E-state index contributed by atoms with van der Waals surface area (Å²) in [5.41, 5.74) is 3.55. The van der Waals surface area contributed by atoms with E-state index in [-0.39, 0.29) is 0 Å². The van der Waals surface area contributed by atoms with Gasteiger partial charge in [-0.3, -0.25) is 0 Å². The topological polar surface area (TPSA) is 36.0 Å². The Morgan fingerprint density at radius 2 is 1.71 bits per heavy atom. The van der Waals surface area contributed by atoms with Crippen LogP contribution in [0.5, 0.6) is 5.75 Å². The molecular formula is C15H13NO. The molecule has 0 radical (unpaired) electrons. The molecule has 2 heteroatoms. The maximum atomic E-state index is 9.23. The number of H-pyrrole nitrogens is 1. The summed E-state index contributed by atoms with van der Waals surface area (Å²) >= 11 is 0. The zero-order chi connectivity index (χ0) is 11.7. The molecule has 0 aliphatic carbocycles. The third-order valence-corrected chi connectivity index (χ3v) is 2.92. The standard InChI is InChI=1S/C15H13NO/c17-14-7-5-11(6-8-14)9-13-10-12-3-1-2-4-15(12)16-13/h1-8,10,16-17H,9H2. The zero-order valence-electron chi connectivity index (χ0n) is 9.35. The minimum Gasteiger partial charge on any atom is -0.508 e. The molecule has 0 bridgehead atoms. The van der Waals surface area contributed by atoms with E-state index in [1.807, 2.05) is 24.3 Å². The van der Waals surface area contributed by atoms with Crippen LogP contribution in [0.3, 0.4) is 0 Å². The highest BCUT2D eigenvalue weighted by molar-refractivity contribution is 5.80. The van der Waals surface area contributed by atoms with Crippen molar-refractivity contribution in [2.45, 2.75) is 6.42 Å². The number of aromatic hydroxyl groups is 1. The van der Waals surface area contributed by atoms with Crippen molar-refractivity contribution in [3.8, 4) is 5.75 Å². The number of phenols is 1. The highest BCUT2D eigenvalue weighted by Gasteiger charge is 2.01. The van der Waals surface area contributed by atoms with Crippen molar-refractivity contribution in [1.82, 2.24) is 4.98 Å². The number of phenolic OH excluding ortho intramolecular Hbond substituents is 1. The smallest absolute Gasteiger partial charge is 0.115 e. The number of aromatic amines is 1. The first kappa shape index (κ1) is 9.97. The van der Waals surface area contributed by atoms with Crippen molar-refractivity contribution in [2.24, 2.45) is 0 Å². The van der Waals surface area contributed by atoms with E-state index in [9.17, 15) is 5.11 Å². The largest absolute Gasteiger partial charge is 0.508 e. The Morgan fingerprint density at radius 1 is 0.941 bits per heavy atom. The monoisotopic (exact) mass is 223 g/mol. The molecule has 2 nitrogen and oxygen atoms in total. The second-order valence-corrected chi connectivity index (χ2v) is 4.23. The number of para-hydroxylation sites is 1. The van der Waals surface area contributed by atoms with E-state index >= 15 is 0 Å². The van der Waals surface area contributed by atoms with E-state index in [2.05, 4.69) is 23.2 Å². The van der Waals surface area contributed by atoms with E-state index in [1.165, 1.54) is 22.2 Å². The van der Waals surface area contributed by atoms with Gasteiger partial charge in [-0.15, -0.1) is 0 Å². The Kier molecular flexibility index (Phi) is 2.33. The molecule has 3 rings (SSSR count). The lowest BCUT2D eigenvalue weighted by Gasteiger charge is -1.99. The SMILES string of the molecule is Oc1ccc(Cc2cc3ccccc3[nH]2)cc1. The number of hydrogen-bond acceptors (Lipinski definition) is 1. The van der Waals surface area contributed by atoms with Crippen LogP contribution in [0.1, 0.15) is 11.3 Å². The first-order valence-corrected chi connectivity index (χ1v) is 5.66. The molecule has 84 valence electrons. The van der Waals surface area contributed by atoms with Gasteiger partial charge in [-0.25, -0.2) is 0 Å². The van der Waals surface area contributed by atoms with Gasteiger partial charge in [0, 0.05) is 17.6 Å². The van der Waals surface area contributed by atoms with Crippen molar-refractivity contribution < 1.29 is 5.11 Å². The van der Waals surface area contributed by atoms with Crippen LogP contribution < -0.4 is 0 Å². The summed E-state index contributed by atoms with van der Waals surface area (Å²) in [4.78, 5) is 3.40. The molecule has 2 aromatic carbocycles. The predicted molar refractivity (Wildman–Crippen MR) is 69.2 cm³/mol. The molecule has 0 saturated heterocycles. The summed E-state index contributed by atoms with van der Waals surface area (Å²) in [6.07, 6.45) is 0.856. The molecule has 0 saturated carbocycles. The molecule has 0 spiro atoms. The lowest BCUT2D eigenvalue weighted by atomic mass is 10.1. The number of rotatable bonds is 2. The van der Waals surface area contributed by atoms with Gasteiger partial charge >= 0.3 is 0 Å². The fraction of sp³-hybridized carbons (Fsp3) is 0.0667. The van der Waals surface area contributed by atoms with Crippen molar-refractivity contribution in [2.75, 3.05) is 0 Å². The lowest BCUT2D eigenvalue weighted by molar-refractivity contribution is 0.475. The van der Waals surface area contributed by atoms with Crippen LogP contribution in [0, 0.1) is 0 Å². The molecule has 0 amide bonds. The van der Waals surface area contributed by atoms with Gasteiger partial charge in [-0.2, -0.15) is 0 Å². The van der Waals surface area contributed by atoms with E-state index in [1.54, 1.807) is 12.1 Å². The third kappa shape index (κ3) is 2.02. The van der Waals surface area contributed by atoms with Crippen LogP contribution in [0.15, 0.2) is 54.6 Å². The van der Waals surface area contributed by atoms with E-state index < -0.39 is 0 Å². The molecule has 0 fully saturated rings. The van der Waals surface area contributed by atoms with Gasteiger partial charge in [-0.1, -0.05) is 30.3 Å². The number of aromatic nitrogens is 1. The first-order valence-electron chi connectivity index (χ1n) is 5.66. The summed E-state index contributed by atoms with van der Waals surface area (Å²) < 4.78 is 0. The van der Waals surface area contributed by atoms with Crippen LogP contribution in [-0.2, 0) is 6.42 Å². The molecule has 2 N–H and O–H groups in total. The fourth-order valence-electron chi connectivity index (χ4n) is 2.06. The van der Waals surface area contributed by atoms with Crippen LogP contribution in [0.25, 0.3) is 10.9 Å². The molecule has 3 aromatic rings. The quantitative estimate of drug-likeness (QED) is 0.685. The van der Waals surface area contributed by atoms with Gasteiger partial charge in [0.05, 0.1) is 0 Å². The predicted octanol–water partition coefficient (Wildman–Crippen LogP) is 3.46. The highest BCUT2D eigenvalue weighted by atomic mass is 16.3. The molecular weight excluding hydrogens is 210 g/mol. The summed E-state index contributed by atoms with van der Waals surface area (Å²) in [6, 6.07) is 17.8. The molecule has 0 aliphatic rings. The number of benzene rings is 2. The molecule has 1 heterocycles. The first-order chi connectivity index (χ1) is 8.31. The van der Waals surface area contributed by atoms with Crippen molar-refractivity contribution in [3.63, 3.8) is 0 Å².